The molecule has 0 aromatic heterocycles. The highest BCUT2D eigenvalue weighted by Crippen LogP contribution is 2.08. The molecule has 0 aromatic rings. The normalized spacial score (nSPS) is 13.5. The van der Waals surface area contributed by atoms with Crippen molar-refractivity contribution in [2.45, 2.75) is 50.4 Å². The molecule has 0 spiro atoms. The fourth-order valence-electron chi connectivity index (χ4n) is 0.943. The number of rotatable bonds is 6. The molecule has 2 N–H and O–H groups in total. The van der Waals surface area contributed by atoms with Gasteiger partial charge in [-0.1, -0.05) is 55.0 Å². The molecule has 0 aliphatic carbocycles. The summed E-state index contributed by atoms with van der Waals surface area (Å²) in [6.07, 6.45) is 7.79. The molecule has 0 aliphatic heterocycles. The van der Waals surface area contributed by atoms with Crippen molar-refractivity contribution in [3.63, 3.8) is 0 Å². The van der Waals surface area contributed by atoms with Crippen molar-refractivity contribution >= 4 is 15.9 Å². The summed E-state index contributed by atoms with van der Waals surface area (Å²) >= 11 is 3.32. The summed E-state index contributed by atoms with van der Waals surface area (Å²) in [5.74, 6) is 0. The van der Waals surface area contributed by atoms with Gasteiger partial charge in [-0.3, -0.25) is 0 Å². The van der Waals surface area contributed by atoms with E-state index in [0.717, 1.165) is 6.42 Å². The van der Waals surface area contributed by atoms with Crippen molar-refractivity contribution in [3.05, 3.63) is 0 Å². The average Bonchev–Trinajstić information content (AvgIpc) is 1.87. The van der Waals surface area contributed by atoms with Crippen LogP contribution in [-0.2, 0) is 0 Å². The number of nitrogens with two attached hydrogens (primary N) is 1. The zero-order valence-corrected chi connectivity index (χ0v) is 8.36. The van der Waals surface area contributed by atoms with Gasteiger partial charge in [0.15, 0.2) is 0 Å². The standard InChI is InChI=1S/C8H18BrN/c1-2-3-4-5-6-7-8(9)10/h8H,2-7,10H2,1H3. The van der Waals surface area contributed by atoms with Crippen LogP contribution in [0.4, 0.5) is 0 Å². The number of hydrogen-bond acceptors (Lipinski definition) is 1. The SMILES string of the molecule is CCCCCCCC(N)Br. The van der Waals surface area contributed by atoms with Gasteiger partial charge in [0, 0.05) is 0 Å². The molecule has 0 radical (unpaired) electrons. The van der Waals surface area contributed by atoms with Gasteiger partial charge in [-0.25, -0.2) is 0 Å². The van der Waals surface area contributed by atoms with Gasteiger partial charge in [-0.15, -0.1) is 0 Å². The molecule has 1 atom stereocenters. The summed E-state index contributed by atoms with van der Waals surface area (Å²) in [6.45, 7) is 2.23. The third kappa shape index (κ3) is 8.44. The summed E-state index contributed by atoms with van der Waals surface area (Å²) in [7, 11) is 0. The lowest BCUT2D eigenvalue weighted by Crippen LogP contribution is -2.09. The lowest BCUT2D eigenvalue weighted by atomic mass is 10.1. The van der Waals surface area contributed by atoms with Crippen LogP contribution < -0.4 is 5.73 Å². The third-order valence-corrected chi connectivity index (χ3v) is 2.04. The van der Waals surface area contributed by atoms with Crippen LogP contribution in [0.15, 0.2) is 0 Å². The smallest absolute Gasteiger partial charge is 0.0605 e. The number of alkyl halides is 1. The molecule has 0 bridgehead atoms. The Kier molecular flexibility index (Phi) is 7.88. The minimum absolute atomic E-state index is 0.217. The highest BCUT2D eigenvalue weighted by Gasteiger charge is 1.94. The third-order valence-electron chi connectivity index (χ3n) is 1.58. The van der Waals surface area contributed by atoms with Crippen LogP contribution in [-0.4, -0.2) is 4.95 Å². The Balaban J connectivity index is 2.77. The molecular weight excluding hydrogens is 190 g/mol. The molecule has 0 aliphatic rings. The van der Waals surface area contributed by atoms with Crippen molar-refractivity contribution in [2.75, 3.05) is 0 Å². The zero-order valence-electron chi connectivity index (χ0n) is 6.78. The Hall–Kier alpha value is 0.440. The quantitative estimate of drug-likeness (QED) is 0.405. The lowest BCUT2D eigenvalue weighted by Gasteiger charge is -2.01. The number of halogens is 1. The predicted octanol–water partition coefficient (Wildman–Crippen LogP) is 3.03. The van der Waals surface area contributed by atoms with Gasteiger partial charge in [-0.05, 0) is 6.42 Å². The van der Waals surface area contributed by atoms with Crippen molar-refractivity contribution in [1.29, 1.82) is 0 Å². The van der Waals surface area contributed by atoms with Crippen molar-refractivity contribution in [3.8, 4) is 0 Å². The van der Waals surface area contributed by atoms with E-state index in [9.17, 15) is 0 Å². The largest absolute Gasteiger partial charge is 0.319 e. The fraction of sp³-hybridized carbons (Fsp3) is 1.00. The summed E-state index contributed by atoms with van der Waals surface area (Å²) in [5, 5.41) is 0. The first-order chi connectivity index (χ1) is 4.77. The van der Waals surface area contributed by atoms with Gasteiger partial charge < -0.3 is 5.73 Å². The highest BCUT2D eigenvalue weighted by molar-refractivity contribution is 9.09. The zero-order chi connectivity index (χ0) is 7.82. The van der Waals surface area contributed by atoms with Crippen LogP contribution in [0.25, 0.3) is 0 Å². The summed E-state index contributed by atoms with van der Waals surface area (Å²) in [6, 6.07) is 0. The highest BCUT2D eigenvalue weighted by atomic mass is 79.9. The molecule has 0 amide bonds. The van der Waals surface area contributed by atoms with E-state index in [0.29, 0.717) is 0 Å². The Morgan fingerprint density at radius 3 is 2.30 bits per heavy atom. The van der Waals surface area contributed by atoms with Crippen LogP contribution in [0.2, 0.25) is 0 Å². The minimum atomic E-state index is 0.217. The molecule has 1 unspecified atom stereocenters. The first-order valence-electron chi connectivity index (χ1n) is 4.17. The summed E-state index contributed by atoms with van der Waals surface area (Å²) in [5.41, 5.74) is 5.52. The Labute approximate surface area is 72.5 Å². The molecule has 62 valence electrons. The second-order valence-corrected chi connectivity index (χ2v) is 3.90. The van der Waals surface area contributed by atoms with Crippen molar-refractivity contribution in [1.82, 2.24) is 0 Å². The Morgan fingerprint density at radius 1 is 1.20 bits per heavy atom. The topological polar surface area (TPSA) is 26.0 Å². The average molecular weight is 208 g/mol. The van der Waals surface area contributed by atoms with Gasteiger partial charge in [0.1, 0.15) is 0 Å². The molecule has 10 heavy (non-hydrogen) atoms. The maximum Gasteiger partial charge on any atom is 0.0605 e. The van der Waals surface area contributed by atoms with E-state index < -0.39 is 0 Å². The predicted molar refractivity (Wildman–Crippen MR) is 50.3 cm³/mol. The van der Waals surface area contributed by atoms with Crippen LogP contribution in [0.3, 0.4) is 0 Å². The molecule has 0 fully saturated rings. The molecule has 0 heterocycles. The monoisotopic (exact) mass is 207 g/mol. The Bertz CT molecular complexity index is 64.3. The van der Waals surface area contributed by atoms with E-state index in [2.05, 4.69) is 22.9 Å². The van der Waals surface area contributed by atoms with Crippen LogP contribution >= 0.6 is 15.9 Å². The first kappa shape index (κ1) is 10.4. The maximum atomic E-state index is 5.52. The van der Waals surface area contributed by atoms with E-state index >= 15 is 0 Å². The fourth-order valence-corrected chi connectivity index (χ4v) is 1.27. The minimum Gasteiger partial charge on any atom is -0.319 e. The van der Waals surface area contributed by atoms with E-state index in [1.54, 1.807) is 0 Å². The first-order valence-corrected chi connectivity index (χ1v) is 5.08. The van der Waals surface area contributed by atoms with Gasteiger partial charge in [0.25, 0.3) is 0 Å². The number of unbranched alkanes of at least 4 members (excludes halogenated alkanes) is 4. The van der Waals surface area contributed by atoms with Gasteiger partial charge in [-0.2, -0.15) is 0 Å². The summed E-state index contributed by atoms with van der Waals surface area (Å²) in [4.78, 5) is 0.217. The van der Waals surface area contributed by atoms with Gasteiger partial charge in [0.2, 0.25) is 0 Å². The van der Waals surface area contributed by atoms with E-state index in [4.69, 9.17) is 5.73 Å². The van der Waals surface area contributed by atoms with E-state index in [1.165, 1.54) is 32.1 Å². The molecular formula is C8H18BrN. The van der Waals surface area contributed by atoms with Crippen LogP contribution in [0.5, 0.6) is 0 Å². The maximum absolute atomic E-state index is 5.52. The molecule has 0 saturated heterocycles. The second-order valence-electron chi connectivity index (χ2n) is 2.72. The van der Waals surface area contributed by atoms with E-state index in [1.807, 2.05) is 0 Å². The molecule has 0 aromatic carbocycles. The van der Waals surface area contributed by atoms with Crippen LogP contribution in [0.1, 0.15) is 45.4 Å². The molecule has 1 nitrogen and oxygen atoms in total. The molecule has 0 rings (SSSR count). The lowest BCUT2D eigenvalue weighted by molar-refractivity contribution is 0.604. The second kappa shape index (κ2) is 7.55. The van der Waals surface area contributed by atoms with Gasteiger partial charge in [0.05, 0.1) is 4.95 Å². The summed E-state index contributed by atoms with van der Waals surface area (Å²) < 4.78 is 0. The molecule has 0 saturated carbocycles. The Morgan fingerprint density at radius 2 is 1.80 bits per heavy atom. The van der Waals surface area contributed by atoms with Crippen LogP contribution in [0, 0.1) is 0 Å². The number of hydrogen-bond donors (Lipinski definition) is 1. The van der Waals surface area contributed by atoms with E-state index in [-0.39, 0.29) is 4.95 Å². The molecule has 2 heteroatoms. The van der Waals surface area contributed by atoms with Gasteiger partial charge >= 0.3 is 0 Å². The van der Waals surface area contributed by atoms with Crippen molar-refractivity contribution in [2.24, 2.45) is 5.73 Å². The van der Waals surface area contributed by atoms with Crippen molar-refractivity contribution < 1.29 is 0 Å².